The topological polar surface area (TPSA) is 22.8 Å². The molecule has 3 heterocycles. The van der Waals surface area contributed by atoms with Gasteiger partial charge in [0.05, 0.1) is 11.0 Å². The maximum Gasteiger partial charge on any atom is 0.148 e. The van der Waals surface area contributed by atoms with E-state index in [1.54, 1.807) is 0 Å². The van der Waals surface area contributed by atoms with Crippen LogP contribution in [-0.4, -0.2) is 14.1 Å². The Morgan fingerprint density at radius 2 is 0.825 bits per heavy atom. The molecule has 198 valence electrons. The summed E-state index contributed by atoms with van der Waals surface area (Å²) in [6, 6.07) is 37.6. The molecule has 40 heavy (non-hydrogen) atoms. The van der Waals surface area contributed by atoms with Gasteiger partial charge in [0.2, 0.25) is 0 Å². The summed E-state index contributed by atoms with van der Waals surface area (Å²) in [7, 11) is 0. The van der Waals surface area contributed by atoms with E-state index in [4.69, 9.17) is 4.98 Å². The Hall–Kier alpha value is -4.37. The summed E-state index contributed by atoms with van der Waals surface area (Å²) in [5.41, 5.74) is 9.42. The molecular weight excluding hydrogens is 486 g/mol. The van der Waals surface area contributed by atoms with E-state index >= 15 is 0 Å². The second kappa shape index (κ2) is 8.56. The summed E-state index contributed by atoms with van der Waals surface area (Å²) in [4.78, 5) is 5.47. The van der Waals surface area contributed by atoms with E-state index in [-0.39, 0.29) is 10.8 Å². The molecule has 0 N–H and O–H groups in total. The third-order valence-corrected chi connectivity index (χ3v) is 8.26. The number of benzene rings is 4. The summed E-state index contributed by atoms with van der Waals surface area (Å²) >= 11 is 0. The summed E-state index contributed by atoms with van der Waals surface area (Å²) in [6.07, 6.45) is 0. The van der Waals surface area contributed by atoms with Crippen molar-refractivity contribution >= 4 is 43.9 Å². The second-order valence-electron chi connectivity index (χ2n) is 13.0. The van der Waals surface area contributed by atoms with E-state index < -0.39 is 0 Å². The highest BCUT2D eigenvalue weighted by molar-refractivity contribution is 6.16. The van der Waals surface area contributed by atoms with Crippen molar-refractivity contribution in [1.29, 1.82) is 0 Å². The largest absolute Gasteiger partial charge is 0.294 e. The number of para-hydroxylation sites is 2. The monoisotopic (exact) mass is 521 g/mol. The van der Waals surface area contributed by atoms with Crippen LogP contribution in [0.2, 0.25) is 0 Å². The van der Waals surface area contributed by atoms with Gasteiger partial charge in [0.1, 0.15) is 11.3 Å². The van der Waals surface area contributed by atoms with Crippen molar-refractivity contribution in [3.8, 4) is 11.4 Å². The summed E-state index contributed by atoms with van der Waals surface area (Å²) in [5.74, 6) is 0. The maximum absolute atomic E-state index is 5.47. The van der Waals surface area contributed by atoms with Gasteiger partial charge in [0.15, 0.2) is 0 Å². The molecule has 0 aliphatic rings. The molecule has 4 aromatic carbocycles. The molecule has 0 spiro atoms. The first-order valence-corrected chi connectivity index (χ1v) is 14.2. The fourth-order valence-electron chi connectivity index (χ4n) is 6.00. The van der Waals surface area contributed by atoms with Gasteiger partial charge in [-0.3, -0.25) is 9.13 Å². The van der Waals surface area contributed by atoms with Crippen LogP contribution in [0.1, 0.15) is 52.7 Å². The molecule has 0 unspecified atom stereocenters. The van der Waals surface area contributed by atoms with E-state index in [9.17, 15) is 0 Å². The van der Waals surface area contributed by atoms with Crippen LogP contribution in [0, 0.1) is 0 Å². The number of nitrogens with zero attached hydrogens (tertiary/aromatic N) is 3. The van der Waals surface area contributed by atoms with Crippen LogP contribution in [0.3, 0.4) is 0 Å². The molecule has 3 nitrogen and oxygen atoms in total. The van der Waals surface area contributed by atoms with Gasteiger partial charge in [0.25, 0.3) is 0 Å². The molecule has 0 fully saturated rings. The van der Waals surface area contributed by atoms with E-state index in [1.165, 1.54) is 43.7 Å². The van der Waals surface area contributed by atoms with Crippen LogP contribution >= 0.6 is 0 Å². The van der Waals surface area contributed by atoms with Gasteiger partial charge < -0.3 is 0 Å². The number of rotatable bonds is 2. The summed E-state index contributed by atoms with van der Waals surface area (Å²) in [6.45, 7) is 13.5. The van der Waals surface area contributed by atoms with Crippen molar-refractivity contribution < 1.29 is 0 Å². The fraction of sp³-hybridized carbons (Fsp3) is 0.216. The third-order valence-electron chi connectivity index (χ3n) is 8.26. The second-order valence-corrected chi connectivity index (χ2v) is 13.0. The van der Waals surface area contributed by atoms with Crippen LogP contribution in [0.25, 0.3) is 55.2 Å². The van der Waals surface area contributed by atoms with Gasteiger partial charge in [-0.05, 0) is 64.4 Å². The SMILES string of the molecule is CC(C)(C)c1ccc(-n2c3ccccc3c3cc4c5ccccc5n(-c5ccc(C(C)(C)C)cc5)c4nc32)cc1. The first-order chi connectivity index (χ1) is 19.1. The van der Waals surface area contributed by atoms with E-state index in [0.29, 0.717) is 0 Å². The van der Waals surface area contributed by atoms with Crippen molar-refractivity contribution in [2.75, 3.05) is 0 Å². The Kier molecular flexibility index (Phi) is 5.28. The lowest BCUT2D eigenvalue weighted by Gasteiger charge is -2.19. The molecule has 0 radical (unpaired) electrons. The van der Waals surface area contributed by atoms with Crippen LogP contribution in [0.5, 0.6) is 0 Å². The molecule has 0 saturated heterocycles. The normalized spacial score (nSPS) is 12.8. The molecule has 7 rings (SSSR count). The lowest BCUT2D eigenvalue weighted by atomic mass is 9.87. The summed E-state index contributed by atoms with van der Waals surface area (Å²) < 4.78 is 4.64. The molecule has 0 bridgehead atoms. The number of fused-ring (bicyclic) bond motifs is 6. The van der Waals surface area contributed by atoms with E-state index in [1.807, 2.05) is 0 Å². The highest BCUT2D eigenvalue weighted by Gasteiger charge is 2.21. The fourth-order valence-corrected chi connectivity index (χ4v) is 6.00. The average molecular weight is 522 g/mol. The highest BCUT2D eigenvalue weighted by Crippen LogP contribution is 2.38. The quantitative estimate of drug-likeness (QED) is 0.222. The van der Waals surface area contributed by atoms with Gasteiger partial charge in [-0.15, -0.1) is 0 Å². The zero-order chi connectivity index (χ0) is 27.8. The molecule has 0 saturated carbocycles. The van der Waals surface area contributed by atoms with Crippen LogP contribution < -0.4 is 0 Å². The molecule has 0 atom stereocenters. The van der Waals surface area contributed by atoms with Crippen molar-refractivity contribution in [3.63, 3.8) is 0 Å². The lowest BCUT2D eigenvalue weighted by molar-refractivity contribution is 0.590. The molecule has 7 aromatic rings. The molecule has 0 aliphatic heterocycles. The Labute approximate surface area is 235 Å². The molecule has 0 amide bonds. The molecule has 3 aromatic heterocycles. The van der Waals surface area contributed by atoms with Crippen LogP contribution in [0.15, 0.2) is 103 Å². The Morgan fingerprint density at radius 1 is 0.450 bits per heavy atom. The smallest absolute Gasteiger partial charge is 0.148 e. The Morgan fingerprint density at radius 3 is 1.20 bits per heavy atom. The maximum atomic E-state index is 5.47. The Bertz CT molecular complexity index is 1890. The summed E-state index contributed by atoms with van der Waals surface area (Å²) in [5, 5.41) is 4.79. The van der Waals surface area contributed by atoms with Crippen LogP contribution in [-0.2, 0) is 10.8 Å². The predicted molar refractivity (Wildman–Crippen MR) is 170 cm³/mol. The minimum absolute atomic E-state index is 0.104. The number of aromatic nitrogens is 3. The van der Waals surface area contributed by atoms with Gasteiger partial charge in [-0.2, -0.15) is 0 Å². The first-order valence-electron chi connectivity index (χ1n) is 14.2. The Balaban J connectivity index is 1.55. The van der Waals surface area contributed by atoms with Crippen molar-refractivity contribution in [1.82, 2.24) is 14.1 Å². The van der Waals surface area contributed by atoms with Gasteiger partial charge in [0, 0.05) is 32.9 Å². The minimum atomic E-state index is 0.104. The van der Waals surface area contributed by atoms with E-state index in [0.717, 1.165) is 22.7 Å². The highest BCUT2D eigenvalue weighted by atomic mass is 15.1. The van der Waals surface area contributed by atoms with Gasteiger partial charge in [-0.25, -0.2) is 4.98 Å². The van der Waals surface area contributed by atoms with Gasteiger partial charge >= 0.3 is 0 Å². The number of hydrogen-bond acceptors (Lipinski definition) is 1. The van der Waals surface area contributed by atoms with Crippen molar-refractivity contribution in [2.45, 2.75) is 52.4 Å². The molecule has 0 aliphatic carbocycles. The molecule has 3 heteroatoms. The number of pyridine rings is 1. The van der Waals surface area contributed by atoms with E-state index in [2.05, 4.69) is 154 Å². The van der Waals surface area contributed by atoms with Gasteiger partial charge in [-0.1, -0.05) is 102 Å². The first kappa shape index (κ1) is 24.7. The number of hydrogen-bond donors (Lipinski definition) is 0. The zero-order valence-corrected chi connectivity index (χ0v) is 24.2. The minimum Gasteiger partial charge on any atom is -0.294 e. The van der Waals surface area contributed by atoms with Crippen molar-refractivity contribution in [3.05, 3.63) is 114 Å². The predicted octanol–water partition coefficient (Wildman–Crippen LogP) is 9.87. The third kappa shape index (κ3) is 3.76. The average Bonchev–Trinajstić information content (AvgIpc) is 3.43. The molecular formula is C37H35N3. The van der Waals surface area contributed by atoms with Crippen molar-refractivity contribution in [2.24, 2.45) is 0 Å². The van der Waals surface area contributed by atoms with Crippen LogP contribution in [0.4, 0.5) is 0 Å². The standard InChI is InChI=1S/C37H35N3/c1-36(2,3)24-15-19-26(20-16-24)39-32-13-9-7-11-28(32)30-23-31-29-12-8-10-14-33(29)40(35(31)38-34(30)39)27-21-17-25(18-22-27)37(4,5)6/h7-23H,1-6H3. The zero-order valence-electron chi connectivity index (χ0n) is 24.2. The lowest BCUT2D eigenvalue weighted by Crippen LogP contribution is -2.11.